The number of halogens is 4. The number of rotatable bonds is 2. The van der Waals surface area contributed by atoms with E-state index in [2.05, 4.69) is 20.8 Å². The molecule has 3 nitrogen and oxygen atoms in total. The van der Waals surface area contributed by atoms with Crippen molar-refractivity contribution >= 4 is 26.8 Å². The summed E-state index contributed by atoms with van der Waals surface area (Å²) in [7, 11) is 0. The van der Waals surface area contributed by atoms with Crippen molar-refractivity contribution in [1.82, 2.24) is 4.57 Å². The van der Waals surface area contributed by atoms with Gasteiger partial charge in [0, 0.05) is 21.7 Å². The Morgan fingerprint density at radius 3 is 1.90 bits per heavy atom. The van der Waals surface area contributed by atoms with E-state index in [-0.39, 0.29) is 23.2 Å². The highest BCUT2D eigenvalue weighted by molar-refractivity contribution is 9.10. The zero-order valence-corrected chi connectivity index (χ0v) is 17.3. The summed E-state index contributed by atoms with van der Waals surface area (Å²) in [5, 5.41) is 8.92. The zero-order valence-electron chi connectivity index (χ0n) is 15.7. The predicted octanol–water partition coefficient (Wildman–Crippen LogP) is 7.37. The van der Waals surface area contributed by atoms with E-state index in [4.69, 9.17) is 5.26 Å². The van der Waals surface area contributed by atoms with E-state index in [1.807, 2.05) is 30.7 Å². The molecule has 1 N–H and O–H groups in total. The summed E-state index contributed by atoms with van der Waals surface area (Å²) in [5.41, 5.74) is 1.54. The first-order valence-corrected chi connectivity index (χ1v) is 9.56. The molecule has 0 bridgehead atoms. The van der Waals surface area contributed by atoms with Crippen LogP contribution in [0.1, 0.15) is 13.8 Å². The number of nitrogens with zero attached hydrogens (tertiary/aromatic N) is 1. The lowest BCUT2D eigenvalue weighted by molar-refractivity contribution is -0.137. The van der Waals surface area contributed by atoms with Gasteiger partial charge in [0.15, 0.2) is 5.75 Å². The van der Waals surface area contributed by atoms with Gasteiger partial charge in [0.2, 0.25) is 0 Å². The van der Waals surface area contributed by atoms with Gasteiger partial charge < -0.3 is 9.45 Å². The largest absolute Gasteiger partial charge is 0.340 e. The molecule has 0 spiro atoms. The SMILES string of the molecule is CC.Fc1ccc(-n2ccc3c(Br)cc(F)cc32)cc1.OOc1ccc(F)cc1. The molecule has 4 aromatic rings. The number of hydrogen-bond acceptors (Lipinski definition) is 2. The number of hydrogen-bond donors (Lipinski definition) is 1. The van der Waals surface area contributed by atoms with Crippen LogP contribution in [-0.2, 0) is 0 Å². The van der Waals surface area contributed by atoms with Gasteiger partial charge >= 0.3 is 0 Å². The van der Waals surface area contributed by atoms with Crippen LogP contribution in [0.15, 0.2) is 77.4 Å². The maximum atomic E-state index is 13.4. The maximum absolute atomic E-state index is 13.4. The van der Waals surface area contributed by atoms with Gasteiger partial charge in [-0.15, -0.1) is 0 Å². The lowest BCUT2D eigenvalue weighted by Gasteiger charge is -2.06. The highest BCUT2D eigenvalue weighted by atomic mass is 79.9. The summed E-state index contributed by atoms with van der Waals surface area (Å²) in [4.78, 5) is 3.80. The van der Waals surface area contributed by atoms with Gasteiger partial charge in [-0.25, -0.2) is 18.4 Å². The van der Waals surface area contributed by atoms with E-state index >= 15 is 0 Å². The lowest BCUT2D eigenvalue weighted by Crippen LogP contribution is -1.92. The summed E-state index contributed by atoms with van der Waals surface area (Å²) < 4.78 is 40.9. The molecule has 3 aromatic carbocycles. The third-order valence-corrected chi connectivity index (χ3v) is 4.40. The van der Waals surface area contributed by atoms with Crippen LogP contribution in [0, 0.1) is 17.5 Å². The van der Waals surface area contributed by atoms with Gasteiger partial charge in [0.25, 0.3) is 0 Å². The van der Waals surface area contributed by atoms with E-state index in [1.165, 1.54) is 48.5 Å². The van der Waals surface area contributed by atoms with Crippen molar-refractivity contribution in [2.45, 2.75) is 13.8 Å². The Balaban J connectivity index is 0.000000231. The van der Waals surface area contributed by atoms with Gasteiger partial charge in [0.1, 0.15) is 17.5 Å². The molecule has 0 aliphatic rings. The minimum absolute atomic E-state index is 0.233. The number of aromatic nitrogens is 1. The minimum atomic E-state index is -0.351. The van der Waals surface area contributed by atoms with Gasteiger partial charge in [0.05, 0.1) is 5.52 Å². The van der Waals surface area contributed by atoms with Crippen molar-refractivity contribution in [3.63, 3.8) is 0 Å². The first kappa shape index (κ1) is 22.5. The van der Waals surface area contributed by atoms with Gasteiger partial charge in [-0.3, -0.25) is 0 Å². The summed E-state index contributed by atoms with van der Waals surface area (Å²) >= 11 is 3.33. The fourth-order valence-corrected chi connectivity index (χ4v) is 3.04. The first-order chi connectivity index (χ1) is 14.0. The van der Waals surface area contributed by atoms with Gasteiger partial charge in [-0.2, -0.15) is 0 Å². The molecular weight excluding hydrogens is 447 g/mol. The van der Waals surface area contributed by atoms with Crippen molar-refractivity contribution in [3.8, 4) is 11.4 Å². The molecule has 7 heteroatoms. The summed E-state index contributed by atoms with van der Waals surface area (Å²) in [5.74, 6) is -0.716. The summed E-state index contributed by atoms with van der Waals surface area (Å²) in [6.45, 7) is 4.00. The molecule has 0 saturated heterocycles. The average Bonchev–Trinajstić information content (AvgIpc) is 3.15. The minimum Gasteiger partial charge on any atom is -0.340 e. The molecule has 1 heterocycles. The van der Waals surface area contributed by atoms with Crippen LogP contribution in [-0.4, -0.2) is 9.82 Å². The predicted molar refractivity (Wildman–Crippen MR) is 112 cm³/mol. The smallest absolute Gasteiger partial charge is 0.165 e. The Labute approximate surface area is 175 Å². The Bertz CT molecular complexity index is 1050. The van der Waals surface area contributed by atoms with Crippen LogP contribution in [0.4, 0.5) is 13.2 Å². The van der Waals surface area contributed by atoms with Crippen LogP contribution in [0.25, 0.3) is 16.6 Å². The second-order valence-corrected chi connectivity index (χ2v) is 6.38. The molecule has 152 valence electrons. The molecule has 4 rings (SSSR count). The Morgan fingerprint density at radius 2 is 1.34 bits per heavy atom. The second kappa shape index (κ2) is 10.7. The fourth-order valence-electron chi connectivity index (χ4n) is 2.49. The molecule has 0 unspecified atom stereocenters. The summed E-state index contributed by atoms with van der Waals surface area (Å²) in [6.07, 6.45) is 1.84. The first-order valence-electron chi connectivity index (χ1n) is 8.77. The molecule has 0 amide bonds. The number of fused-ring (bicyclic) bond motifs is 1. The van der Waals surface area contributed by atoms with Gasteiger partial charge in [-0.1, -0.05) is 13.8 Å². The van der Waals surface area contributed by atoms with E-state index in [0.717, 1.165) is 16.6 Å². The molecule has 0 saturated carbocycles. The molecule has 0 atom stereocenters. The summed E-state index contributed by atoms with van der Waals surface area (Å²) in [6, 6.07) is 15.9. The van der Waals surface area contributed by atoms with Crippen LogP contribution in [0.5, 0.6) is 5.75 Å². The quantitative estimate of drug-likeness (QED) is 0.247. The third kappa shape index (κ3) is 5.85. The molecule has 0 fully saturated rings. The normalized spacial score (nSPS) is 9.90. The second-order valence-electron chi connectivity index (χ2n) is 5.53. The molecule has 0 aliphatic heterocycles. The molecule has 29 heavy (non-hydrogen) atoms. The third-order valence-electron chi connectivity index (χ3n) is 3.75. The van der Waals surface area contributed by atoms with Crippen molar-refractivity contribution in [3.05, 3.63) is 94.9 Å². The Hall–Kier alpha value is -2.77. The van der Waals surface area contributed by atoms with E-state index in [9.17, 15) is 13.2 Å². The molecule has 1 aromatic heterocycles. The van der Waals surface area contributed by atoms with Crippen LogP contribution in [0.3, 0.4) is 0 Å². The molecule has 0 aliphatic carbocycles. The highest BCUT2D eigenvalue weighted by Gasteiger charge is 2.08. The molecular formula is C22H19BrF3NO2. The standard InChI is InChI=1S/C14H8BrF2N.C6H5FO2.C2H6/c15-13-7-10(17)8-14-12(13)5-6-18(14)11-3-1-9(16)2-4-11;7-5-1-3-6(9-8)4-2-5;1-2/h1-8H;1-4,8H;1-2H3. The van der Waals surface area contributed by atoms with Crippen LogP contribution >= 0.6 is 15.9 Å². The topological polar surface area (TPSA) is 34.4 Å². The average molecular weight is 466 g/mol. The zero-order chi connectivity index (χ0) is 21.4. The highest BCUT2D eigenvalue weighted by Crippen LogP contribution is 2.28. The van der Waals surface area contributed by atoms with E-state index in [0.29, 0.717) is 4.47 Å². The van der Waals surface area contributed by atoms with E-state index in [1.54, 1.807) is 12.1 Å². The lowest BCUT2D eigenvalue weighted by atomic mass is 10.2. The van der Waals surface area contributed by atoms with E-state index < -0.39 is 0 Å². The monoisotopic (exact) mass is 465 g/mol. The van der Waals surface area contributed by atoms with Crippen LogP contribution < -0.4 is 4.89 Å². The van der Waals surface area contributed by atoms with Crippen LogP contribution in [0.2, 0.25) is 0 Å². The number of benzene rings is 3. The Kier molecular flexibility index (Phi) is 8.30. The van der Waals surface area contributed by atoms with Gasteiger partial charge in [-0.05, 0) is 82.7 Å². The van der Waals surface area contributed by atoms with Crippen molar-refractivity contribution in [2.24, 2.45) is 0 Å². The van der Waals surface area contributed by atoms with Crippen molar-refractivity contribution < 1.29 is 23.3 Å². The fraction of sp³-hybridized carbons (Fsp3) is 0.0909. The van der Waals surface area contributed by atoms with Crippen molar-refractivity contribution in [1.29, 1.82) is 0 Å². The van der Waals surface area contributed by atoms with Crippen molar-refractivity contribution in [2.75, 3.05) is 0 Å². The Morgan fingerprint density at radius 1 is 0.793 bits per heavy atom. The molecule has 0 radical (unpaired) electrons. The maximum Gasteiger partial charge on any atom is 0.165 e.